The van der Waals surface area contributed by atoms with Crippen molar-refractivity contribution in [3.05, 3.63) is 52.6 Å². The molecule has 1 aliphatic heterocycles. The van der Waals surface area contributed by atoms with Crippen LogP contribution in [0.3, 0.4) is 0 Å². The average Bonchev–Trinajstić information content (AvgIpc) is 3.75. The minimum atomic E-state index is -0.231. The fourth-order valence-electron chi connectivity index (χ4n) is 4.89. The molecule has 5 rings (SSSR count). The SMILES string of the molecule is CC.COc1ccc(F)cc1C1CCN(c2nc(C3CC3)nc3cc(Cl)c(N(C)CCO)cc23)CC1. The summed E-state index contributed by atoms with van der Waals surface area (Å²) in [5.74, 6) is 3.00. The number of piperidine rings is 1. The number of nitrogens with zero attached hydrogens (tertiary/aromatic N) is 4. The molecule has 2 heterocycles. The summed E-state index contributed by atoms with van der Waals surface area (Å²) in [5.41, 5.74) is 2.65. The monoisotopic (exact) mass is 514 g/mol. The molecule has 2 fully saturated rings. The number of hydrogen-bond donors (Lipinski definition) is 1. The lowest BCUT2D eigenvalue weighted by Crippen LogP contribution is -2.34. The summed E-state index contributed by atoms with van der Waals surface area (Å²) in [6, 6.07) is 8.73. The number of rotatable bonds is 7. The predicted molar refractivity (Wildman–Crippen MR) is 145 cm³/mol. The van der Waals surface area contributed by atoms with Crippen molar-refractivity contribution in [1.29, 1.82) is 0 Å². The molecule has 1 aliphatic carbocycles. The van der Waals surface area contributed by atoms with Crippen molar-refractivity contribution < 1.29 is 14.2 Å². The van der Waals surface area contributed by atoms with Crippen molar-refractivity contribution in [3.8, 4) is 5.75 Å². The highest BCUT2D eigenvalue weighted by molar-refractivity contribution is 6.34. The van der Waals surface area contributed by atoms with Crippen LogP contribution in [-0.4, -0.2) is 55.5 Å². The van der Waals surface area contributed by atoms with Crippen LogP contribution in [0.2, 0.25) is 5.02 Å². The molecule has 194 valence electrons. The minimum absolute atomic E-state index is 0.0475. The quantitative estimate of drug-likeness (QED) is 0.408. The molecule has 1 saturated carbocycles. The van der Waals surface area contributed by atoms with E-state index >= 15 is 0 Å². The molecule has 2 aliphatic rings. The van der Waals surface area contributed by atoms with Crippen molar-refractivity contribution in [3.63, 3.8) is 0 Å². The predicted octanol–water partition coefficient (Wildman–Crippen LogP) is 6.15. The van der Waals surface area contributed by atoms with Crippen molar-refractivity contribution in [2.24, 2.45) is 0 Å². The molecule has 36 heavy (non-hydrogen) atoms. The third-order valence-corrected chi connectivity index (χ3v) is 7.28. The van der Waals surface area contributed by atoms with E-state index in [2.05, 4.69) is 4.90 Å². The first-order valence-electron chi connectivity index (χ1n) is 12.9. The number of aromatic nitrogens is 2. The fraction of sp³-hybridized carbons (Fsp3) is 0.500. The molecule has 0 amide bonds. The van der Waals surface area contributed by atoms with Gasteiger partial charge in [-0.2, -0.15) is 0 Å². The van der Waals surface area contributed by atoms with Crippen molar-refractivity contribution in [2.75, 3.05) is 50.2 Å². The highest BCUT2D eigenvalue weighted by Crippen LogP contribution is 2.42. The van der Waals surface area contributed by atoms with Crippen LogP contribution in [0.1, 0.15) is 62.8 Å². The molecular formula is C28H36ClFN4O2. The maximum atomic E-state index is 14.0. The van der Waals surface area contributed by atoms with Crippen LogP contribution in [0.4, 0.5) is 15.9 Å². The summed E-state index contributed by atoms with van der Waals surface area (Å²) in [7, 11) is 3.55. The zero-order valence-electron chi connectivity index (χ0n) is 21.6. The van der Waals surface area contributed by atoms with Crippen molar-refractivity contribution >= 4 is 34.0 Å². The number of anilines is 2. The Kier molecular flexibility index (Phi) is 8.52. The van der Waals surface area contributed by atoms with E-state index in [0.717, 1.165) is 78.3 Å². The lowest BCUT2D eigenvalue weighted by molar-refractivity contribution is 0.304. The zero-order chi connectivity index (χ0) is 25.8. The molecule has 1 saturated heterocycles. The molecule has 1 N–H and O–H groups in total. The molecular weight excluding hydrogens is 479 g/mol. The second kappa shape index (κ2) is 11.6. The molecule has 0 spiro atoms. The van der Waals surface area contributed by atoms with E-state index in [-0.39, 0.29) is 18.3 Å². The largest absolute Gasteiger partial charge is 0.496 e. The van der Waals surface area contributed by atoms with Gasteiger partial charge in [0.05, 0.1) is 29.9 Å². The van der Waals surface area contributed by atoms with Gasteiger partial charge in [-0.3, -0.25) is 0 Å². The molecule has 0 atom stereocenters. The standard InChI is InChI=1S/C26H30ClFN4O2.C2H6/c1-31(11-12-33)23-14-20-22(15-21(23)27)29-25(17-3-4-17)30-26(20)32-9-7-16(8-10-32)19-13-18(28)5-6-24(19)34-2;1-2/h5-6,13-17,33H,3-4,7-12H2,1-2H3;1-2H3. The highest BCUT2D eigenvalue weighted by atomic mass is 35.5. The molecule has 0 unspecified atom stereocenters. The van der Waals surface area contributed by atoms with Crippen molar-refractivity contribution in [1.82, 2.24) is 9.97 Å². The maximum absolute atomic E-state index is 14.0. The lowest BCUT2D eigenvalue weighted by atomic mass is 9.88. The van der Waals surface area contributed by atoms with E-state index in [4.69, 9.17) is 26.3 Å². The second-order valence-electron chi connectivity index (χ2n) is 9.29. The number of hydrogen-bond acceptors (Lipinski definition) is 6. The summed E-state index contributed by atoms with van der Waals surface area (Å²) in [5, 5.41) is 11.0. The van der Waals surface area contributed by atoms with Crippen LogP contribution in [0.25, 0.3) is 10.9 Å². The topological polar surface area (TPSA) is 61.7 Å². The number of aliphatic hydroxyl groups is 1. The Morgan fingerprint density at radius 1 is 1.08 bits per heavy atom. The molecule has 0 bridgehead atoms. The van der Waals surface area contributed by atoms with Crippen LogP contribution in [-0.2, 0) is 0 Å². The zero-order valence-corrected chi connectivity index (χ0v) is 22.4. The molecule has 6 nitrogen and oxygen atoms in total. The van der Waals surface area contributed by atoms with E-state index in [1.807, 2.05) is 37.9 Å². The van der Waals surface area contributed by atoms with Crippen LogP contribution in [0.5, 0.6) is 5.75 Å². The van der Waals surface area contributed by atoms with E-state index in [1.54, 1.807) is 19.2 Å². The summed E-state index contributed by atoms with van der Waals surface area (Å²) in [6.07, 6.45) is 4.01. The van der Waals surface area contributed by atoms with Gasteiger partial charge in [0.1, 0.15) is 23.2 Å². The van der Waals surface area contributed by atoms with Gasteiger partial charge in [0.15, 0.2) is 0 Å². The smallest absolute Gasteiger partial charge is 0.140 e. The van der Waals surface area contributed by atoms with E-state index in [0.29, 0.717) is 17.5 Å². The molecule has 3 aromatic rings. The number of likely N-dealkylation sites (N-methyl/N-ethyl adjacent to an activating group) is 1. The molecule has 2 aromatic carbocycles. The second-order valence-corrected chi connectivity index (χ2v) is 9.70. The van der Waals surface area contributed by atoms with Gasteiger partial charge < -0.3 is 19.6 Å². The van der Waals surface area contributed by atoms with Crippen LogP contribution >= 0.6 is 11.6 Å². The Balaban J connectivity index is 0.00000148. The van der Waals surface area contributed by atoms with Gasteiger partial charge in [0.2, 0.25) is 0 Å². The highest BCUT2D eigenvalue weighted by Gasteiger charge is 2.30. The van der Waals surface area contributed by atoms with Gasteiger partial charge in [0.25, 0.3) is 0 Å². The van der Waals surface area contributed by atoms with Crippen LogP contribution in [0, 0.1) is 5.82 Å². The molecule has 1 aromatic heterocycles. The molecule has 0 radical (unpaired) electrons. The summed E-state index contributed by atoms with van der Waals surface area (Å²) in [6.45, 7) is 6.16. The Bertz CT molecular complexity index is 1200. The Labute approximate surface area is 218 Å². The summed E-state index contributed by atoms with van der Waals surface area (Å²) in [4.78, 5) is 14.1. The van der Waals surface area contributed by atoms with Crippen molar-refractivity contribution in [2.45, 2.75) is 51.4 Å². The van der Waals surface area contributed by atoms with Gasteiger partial charge in [-0.05, 0) is 61.9 Å². The first-order chi connectivity index (χ1) is 17.5. The van der Waals surface area contributed by atoms with E-state index < -0.39 is 0 Å². The Morgan fingerprint density at radius 3 is 2.44 bits per heavy atom. The average molecular weight is 515 g/mol. The number of aliphatic hydroxyl groups excluding tert-OH is 1. The summed E-state index contributed by atoms with van der Waals surface area (Å²) >= 11 is 6.61. The van der Waals surface area contributed by atoms with Gasteiger partial charge in [-0.25, -0.2) is 14.4 Å². The van der Waals surface area contributed by atoms with Gasteiger partial charge >= 0.3 is 0 Å². The first kappa shape index (κ1) is 26.4. The molecule has 8 heteroatoms. The van der Waals surface area contributed by atoms with Crippen LogP contribution in [0.15, 0.2) is 30.3 Å². The number of halogens is 2. The third kappa shape index (κ3) is 5.52. The number of benzene rings is 2. The third-order valence-electron chi connectivity index (χ3n) is 6.98. The first-order valence-corrected chi connectivity index (χ1v) is 13.3. The fourth-order valence-corrected chi connectivity index (χ4v) is 5.20. The summed E-state index contributed by atoms with van der Waals surface area (Å²) < 4.78 is 19.5. The number of fused-ring (bicyclic) bond motifs is 1. The Hall–Kier alpha value is -2.64. The van der Waals surface area contributed by atoms with Gasteiger partial charge in [-0.1, -0.05) is 25.4 Å². The Morgan fingerprint density at radius 2 is 1.81 bits per heavy atom. The van der Waals surface area contributed by atoms with Gasteiger partial charge in [-0.15, -0.1) is 0 Å². The number of methoxy groups -OCH3 is 1. The minimum Gasteiger partial charge on any atom is -0.496 e. The van der Waals surface area contributed by atoms with Crippen LogP contribution < -0.4 is 14.5 Å². The van der Waals surface area contributed by atoms with Gasteiger partial charge in [0, 0.05) is 43.5 Å². The van der Waals surface area contributed by atoms with E-state index in [1.165, 1.54) is 6.07 Å². The lowest BCUT2D eigenvalue weighted by Gasteiger charge is -2.34. The maximum Gasteiger partial charge on any atom is 0.140 e. The number of ether oxygens (including phenoxy) is 1. The van der Waals surface area contributed by atoms with E-state index in [9.17, 15) is 9.50 Å². The normalized spacial score (nSPS) is 16.0.